The van der Waals surface area contributed by atoms with Gasteiger partial charge in [0.15, 0.2) is 0 Å². The van der Waals surface area contributed by atoms with Gasteiger partial charge in [-0.2, -0.15) is 4.37 Å². The number of hydrogen-bond donors (Lipinski definition) is 1. The van der Waals surface area contributed by atoms with Gasteiger partial charge in [-0.05, 0) is 49.1 Å². The van der Waals surface area contributed by atoms with Gasteiger partial charge in [0, 0.05) is 17.4 Å². The van der Waals surface area contributed by atoms with Crippen LogP contribution in [-0.4, -0.2) is 27.4 Å². The SMILES string of the molecule is COc1ccc(NC(=O)c2c(C)nsc2Cc2nc3ccc(C)cc3s2)cn1. The minimum Gasteiger partial charge on any atom is -0.481 e. The molecule has 1 N–H and O–H groups in total. The number of carbonyl (C=O) groups excluding carboxylic acids is 1. The van der Waals surface area contributed by atoms with Crippen LogP contribution in [0.4, 0.5) is 5.69 Å². The van der Waals surface area contributed by atoms with E-state index >= 15 is 0 Å². The molecule has 0 atom stereocenters. The van der Waals surface area contributed by atoms with Gasteiger partial charge in [-0.3, -0.25) is 4.79 Å². The van der Waals surface area contributed by atoms with Crippen LogP contribution in [0.25, 0.3) is 10.2 Å². The van der Waals surface area contributed by atoms with Gasteiger partial charge in [0.1, 0.15) is 0 Å². The lowest BCUT2D eigenvalue weighted by atomic mass is 10.1. The quantitative estimate of drug-likeness (QED) is 0.520. The zero-order valence-electron chi connectivity index (χ0n) is 15.6. The fraction of sp³-hybridized carbons (Fsp3) is 0.200. The maximum absolute atomic E-state index is 12.9. The second-order valence-electron chi connectivity index (χ2n) is 6.37. The normalized spacial score (nSPS) is 11.0. The number of pyridine rings is 1. The monoisotopic (exact) mass is 410 g/mol. The van der Waals surface area contributed by atoms with Crippen LogP contribution in [0.2, 0.25) is 0 Å². The number of aryl methyl sites for hydroxylation is 2. The highest BCUT2D eigenvalue weighted by Gasteiger charge is 2.20. The van der Waals surface area contributed by atoms with Gasteiger partial charge < -0.3 is 10.1 Å². The summed E-state index contributed by atoms with van der Waals surface area (Å²) in [6, 6.07) is 9.70. The van der Waals surface area contributed by atoms with Crippen LogP contribution in [0, 0.1) is 13.8 Å². The van der Waals surface area contributed by atoms with Gasteiger partial charge in [-0.15, -0.1) is 11.3 Å². The summed E-state index contributed by atoms with van der Waals surface area (Å²) in [6.45, 7) is 3.92. The molecular weight excluding hydrogens is 392 g/mol. The lowest BCUT2D eigenvalue weighted by Crippen LogP contribution is -2.14. The van der Waals surface area contributed by atoms with Crippen molar-refractivity contribution in [1.29, 1.82) is 0 Å². The number of methoxy groups -OCH3 is 1. The fourth-order valence-electron chi connectivity index (χ4n) is 2.89. The Morgan fingerprint density at radius 1 is 1.21 bits per heavy atom. The minimum absolute atomic E-state index is 0.190. The summed E-state index contributed by atoms with van der Waals surface area (Å²) < 4.78 is 10.6. The average Bonchev–Trinajstić information content (AvgIpc) is 3.24. The molecule has 0 radical (unpaired) electrons. The van der Waals surface area contributed by atoms with E-state index in [1.807, 2.05) is 13.0 Å². The molecule has 0 fully saturated rings. The predicted molar refractivity (Wildman–Crippen MR) is 113 cm³/mol. The van der Waals surface area contributed by atoms with E-state index in [-0.39, 0.29) is 5.91 Å². The van der Waals surface area contributed by atoms with E-state index in [1.54, 1.807) is 36.8 Å². The number of nitrogens with zero attached hydrogens (tertiary/aromatic N) is 3. The van der Waals surface area contributed by atoms with E-state index in [0.29, 0.717) is 23.6 Å². The second-order valence-corrected chi connectivity index (χ2v) is 8.34. The van der Waals surface area contributed by atoms with Gasteiger partial charge in [0.25, 0.3) is 5.91 Å². The highest BCUT2D eigenvalue weighted by molar-refractivity contribution is 7.18. The number of hydrogen-bond acceptors (Lipinski definition) is 7. The molecule has 0 aliphatic carbocycles. The lowest BCUT2D eigenvalue weighted by molar-refractivity contribution is 0.102. The molecule has 0 aliphatic heterocycles. The van der Waals surface area contributed by atoms with E-state index in [4.69, 9.17) is 9.72 Å². The Bertz CT molecular complexity index is 1150. The number of nitrogens with one attached hydrogen (secondary N) is 1. The molecule has 0 aliphatic rings. The van der Waals surface area contributed by atoms with E-state index in [9.17, 15) is 4.79 Å². The maximum Gasteiger partial charge on any atom is 0.258 e. The van der Waals surface area contributed by atoms with Crippen LogP contribution >= 0.6 is 22.9 Å². The topological polar surface area (TPSA) is 77.0 Å². The second kappa shape index (κ2) is 7.65. The fourth-order valence-corrected chi connectivity index (χ4v) is 4.93. The van der Waals surface area contributed by atoms with Crippen molar-refractivity contribution in [3.8, 4) is 5.88 Å². The van der Waals surface area contributed by atoms with Crippen molar-refractivity contribution in [2.24, 2.45) is 0 Å². The summed E-state index contributed by atoms with van der Waals surface area (Å²) in [5, 5.41) is 3.87. The van der Waals surface area contributed by atoms with Crippen molar-refractivity contribution in [2.75, 3.05) is 12.4 Å². The molecule has 6 nitrogen and oxygen atoms in total. The minimum atomic E-state index is -0.190. The zero-order valence-corrected chi connectivity index (χ0v) is 17.3. The first kappa shape index (κ1) is 18.5. The summed E-state index contributed by atoms with van der Waals surface area (Å²) in [6.07, 6.45) is 2.16. The van der Waals surface area contributed by atoms with Gasteiger partial charge in [-0.1, -0.05) is 6.07 Å². The Hall–Kier alpha value is -2.84. The maximum atomic E-state index is 12.9. The smallest absolute Gasteiger partial charge is 0.258 e. The number of fused-ring (bicyclic) bond motifs is 1. The van der Waals surface area contributed by atoms with Crippen molar-refractivity contribution in [3.05, 3.63) is 63.2 Å². The highest BCUT2D eigenvalue weighted by Crippen LogP contribution is 2.28. The van der Waals surface area contributed by atoms with E-state index in [2.05, 4.69) is 33.7 Å². The summed E-state index contributed by atoms with van der Waals surface area (Å²) in [5.74, 6) is 0.309. The Morgan fingerprint density at radius 3 is 2.82 bits per heavy atom. The number of aromatic nitrogens is 3. The number of carbonyl (C=O) groups is 1. The molecule has 3 aromatic heterocycles. The van der Waals surface area contributed by atoms with Crippen LogP contribution in [0.1, 0.15) is 31.5 Å². The van der Waals surface area contributed by atoms with E-state index in [1.165, 1.54) is 17.1 Å². The van der Waals surface area contributed by atoms with Crippen LogP contribution in [0.5, 0.6) is 5.88 Å². The standard InChI is InChI=1S/C20H18N4O2S2/c1-11-4-6-14-15(8-11)27-18(23-14)9-16-19(12(2)24-28-16)20(25)22-13-5-7-17(26-3)21-10-13/h4-8,10H,9H2,1-3H3,(H,22,25). The molecule has 1 aromatic carbocycles. The molecule has 142 valence electrons. The number of benzene rings is 1. The lowest BCUT2D eigenvalue weighted by Gasteiger charge is -2.06. The summed E-state index contributed by atoms with van der Waals surface area (Å²) in [4.78, 5) is 22.6. The Labute approximate surface area is 170 Å². The number of rotatable bonds is 5. The van der Waals surface area contributed by atoms with E-state index < -0.39 is 0 Å². The number of thiazole rings is 1. The molecule has 0 bridgehead atoms. The van der Waals surface area contributed by atoms with E-state index in [0.717, 1.165) is 25.8 Å². The molecule has 1 amide bonds. The Balaban J connectivity index is 1.58. The zero-order chi connectivity index (χ0) is 19.7. The third-order valence-electron chi connectivity index (χ3n) is 4.26. The molecule has 0 unspecified atom stereocenters. The Kier molecular flexibility index (Phi) is 5.06. The Morgan fingerprint density at radius 2 is 2.07 bits per heavy atom. The average molecular weight is 411 g/mol. The van der Waals surface area contributed by atoms with Crippen molar-refractivity contribution in [1.82, 2.24) is 14.3 Å². The third-order valence-corrected chi connectivity index (χ3v) is 6.22. The molecule has 0 saturated carbocycles. The molecule has 4 rings (SSSR count). The largest absolute Gasteiger partial charge is 0.481 e. The number of anilines is 1. The van der Waals surface area contributed by atoms with Crippen molar-refractivity contribution >= 4 is 44.7 Å². The van der Waals surface area contributed by atoms with Gasteiger partial charge >= 0.3 is 0 Å². The first-order valence-corrected chi connectivity index (χ1v) is 10.2. The first-order chi connectivity index (χ1) is 13.5. The molecular formula is C20H18N4O2S2. The van der Waals surface area contributed by atoms with Crippen molar-refractivity contribution in [2.45, 2.75) is 20.3 Å². The molecule has 4 aromatic rings. The molecule has 0 saturated heterocycles. The number of ether oxygens (including phenoxy) is 1. The molecule has 3 heterocycles. The first-order valence-electron chi connectivity index (χ1n) is 8.66. The summed E-state index contributed by atoms with van der Waals surface area (Å²) >= 11 is 3.01. The summed E-state index contributed by atoms with van der Waals surface area (Å²) in [5.41, 5.74) is 4.14. The molecule has 0 spiro atoms. The molecule has 8 heteroatoms. The predicted octanol–water partition coefficient (Wildman–Crippen LogP) is 4.62. The van der Waals surface area contributed by atoms with Crippen LogP contribution in [0.15, 0.2) is 36.5 Å². The van der Waals surface area contributed by atoms with Crippen LogP contribution in [-0.2, 0) is 6.42 Å². The van der Waals surface area contributed by atoms with Crippen LogP contribution in [0.3, 0.4) is 0 Å². The van der Waals surface area contributed by atoms with Crippen molar-refractivity contribution < 1.29 is 9.53 Å². The van der Waals surface area contributed by atoms with Gasteiger partial charge in [0.2, 0.25) is 5.88 Å². The van der Waals surface area contributed by atoms with Gasteiger partial charge in [0.05, 0.1) is 45.5 Å². The van der Waals surface area contributed by atoms with Gasteiger partial charge in [-0.25, -0.2) is 9.97 Å². The molecule has 28 heavy (non-hydrogen) atoms. The highest BCUT2D eigenvalue weighted by atomic mass is 32.1. The van der Waals surface area contributed by atoms with Crippen molar-refractivity contribution in [3.63, 3.8) is 0 Å². The summed E-state index contributed by atoms with van der Waals surface area (Å²) in [7, 11) is 1.55. The number of amides is 1. The third kappa shape index (κ3) is 3.74. The van der Waals surface area contributed by atoms with Crippen LogP contribution < -0.4 is 10.1 Å².